The van der Waals surface area contributed by atoms with Crippen LogP contribution < -0.4 is 15.8 Å². The molecule has 0 bridgehead atoms. The second-order valence-corrected chi connectivity index (χ2v) is 5.42. The van der Waals surface area contributed by atoms with Crippen molar-refractivity contribution in [1.29, 1.82) is 0 Å². The molecule has 2 rings (SSSR count). The second-order valence-electron chi connectivity index (χ2n) is 5.42. The molecule has 0 spiro atoms. The molecule has 104 valence electrons. The predicted octanol–water partition coefficient (Wildman–Crippen LogP) is 1.67. The first-order valence-corrected chi connectivity index (χ1v) is 6.65. The van der Waals surface area contributed by atoms with Crippen LogP contribution in [-0.2, 0) is 11.3 Å². The summed E-state index contributed by atoms with van der Waals surface area (Å²) in [4.78, 5) is 12.1. The fraction of sp³-hybridized carbons (Fsp3) is 0.533. The number of carbonyl (C=O) groups is 1. The summed E-state index contributed by atoms with van der Waals surface area (Å²) < 4.78 is 5.37. The zero-order chi connectivity index (χ0) is 14.0. The summed E-state index contributed by atoms with van der Waals surface area (Å²) in [5.41, 5.74) is 8.75. The van der Waals surface area contributed by atoms with Crippen molar-refractivity contribution in [2.75, 3.05) is 13.7 Å². The van der Waals surface area contributed by atoms with E-state index >= 15 is 0 Å². The average molecular weight is 262 g/mol. The zero-order valence-corrected chi connectivity index (χ0v) is 11.9. The third kappa shape index (κ3) is 2.73. The maximum Gasteiger partial charge on any atom is 0.227 e. The van der Waals surface area contributed by atoms with Gasteiger partial charge < -0.3 is 15.8 Å². The van der Waals surface area contributed by atoms with E-state index in [1.807, 2.05) is 13.0 Å². The summed E-state index contributed by atoms with van der Waals surface area (Å²) in [6.07, 6.45) is 1.80. The van der Waals surface area contributed by atoms with Crippen LogP contribution in [0.25, 0.3) is 0 Å². The summed E-state index contributed by atoms with van der Waals surface area (Å²) in [6, 6.07) is 4.07. The quantitative estimate of drug-likeness (QED) is 0.848. The Morgan fingerprint density at radius 3 is 2.53 bits per heavy atom. The maximum atomic E-state index is 12.1. The number of carbonyl (C=O) groups excluding carboxylic acids is 1. The Morgan fingerprint density at radius 1 is 1.37 bits per heavy atom. The number of benzene rings is 1. The summed E-state index contributed by atoms with van der Waals surface area (Å²) in [5, 5.41) is 2.98. The summed E-state index contributed by atoms with van der Waals surface area (Å²) in [7, 11) is 1.65. The van der Waals surface area contributed by atoms with E-state index in [9.17, 15) is 4.79 Å². The number of methoxy groups -OCH3 is 1. The molecule has 0 aliphatic heterocycles. The minimum absolute atomic E-state index is 0.0651. The van der Waals surface area contributed by atoms with Gasteiger partial charge in [0.05, 0.1) is 12.5 Å². The molecular formula is C15H22N2O2. The van der Waals surface area contributed by atoms with Gasteiger partial charge in [0, 0.05) is 18.7 Å². The molecule has 19 heavy (non-hydrogen) atoms. The van der Waals surface area contributed by atoms with Crippen molar-refractivity contribution >= 4 is 5.91 Å². The molecule has 0 radical (unpaired) electrons. The summed E-state index contributed by atoms with van der Waals surface area (Å²) in [5.74, 6) is 0.885. The largest absolute Gasteiger partial charge is 0.496 e. The highest BCUT2D eigenvalue weighted by atomic mass is 16.5. The molecule has 4 heteroatoms. The highest BCUT2D eigenvalue weighted by Gasteiger charge is 2.48. The SMILES string of the molecule is COc1cc(C)c(C)cc1CNC(=O)C1(CN)CC1. The Kier molecular flexibility index (Phi) is 3.80. The highest BCUT2D eigenvalue weighted by Crippen LogP contribution is 2.44. The van der Waals surface area contributed by atoms with E-state index in [-0.39, 0.29) is 11.3 Å². The highest BCUT2D eigenvalue weighted by molar-refractivity contribution is 5.85. The molecule has 0 atom stereocenters. The number of rotatable bonds is 5. The van der Waals surface area contributed by atoms with Crippen molar-refractivity contribution in [2.45, 2.75) is 33.2 Å². The van der Waals surface area contributed by atoms with Gasteiger partial charge in [-0.2, -0.15) is 0 Å². The molecule has 1 aliphatic carbocycles. The topological polar surface area (TPSA) is 64.3 Å². The van der Waals surface area contributed by atoms with Crippen LogP contribution in [0.15, 0.2) is 12.1 Å². The number of nitrogens with one attached hydrogen (secondary N) is 1. The van der Waals surface area contributed by atoms with E-state index < -0.39 is 0 Å². The van der Waals surface area contributed by atoms with E-state index in [0.29, 0.717) is 13.1 Å². The van der Waals surface area contributed by atoms with Gasteiger partial charge in [0.2, 0.25) is 5.91 Å². The number of hydrogen-bond donors (Lipinski definition) is 2. The van der Waals surface area contributed by atoms with Crippen molar-refractivity contribution < 1.29 is 9.53 Å². The molecule has 1 aromatic rings. The molecule has 1 aliphatic rings. The Bertz CT molecular complexity index is 493. The van der Waals surface area contributed by atoms with Gasteiger partial charge in [-0.3, -0.25) is 4.79 Å². The van der Waals surface area contributed by atoms with Gasteiger partial charge in [0.15, 0.2) is 0 Å². The minimum Gasteiger partial charge on any atom is -0.496 e. The van der Waals surface area contributed by atoms with Crippen LogP contribution in [0.3, 0.4) is 0 Å². The van der Waals surface area contributed by atoms with Crippen LogP contribution in [0, 0.1) is 19.3 Å². The molecule has 0 saturated heterocycles. The molecule has 3 N–H and O–H groups in total. The van der Waals surface area contributed by atoms with Crippen molar-refractivity contribution in [2.24, 2.45) is 11.1 Å². The number of amides is 1. The summed E-state index contributed by atoms with van der Waals surface area (Å²) in [6.45, 7) is 5.03. The van der Waals surface area contributed by atoms with E-state index in [4.69, 9.17) is 10.5 Å². The van der Waals surface area contributed by atoms with Gasteiger partial charge in [0.1, 0.15) is 5.75 Å². The Hall–Kier alpha value is -1.55. The van der Waals surface area contributed by atoms with Crippen molar-refractivity contribution in [3.63, 3.8) is 0 Å². The van der Waals surface area contributed by atoms with Crippen LogP contribution in [0.2, 0.25) is 0 Å². The van der Waals surface area contributed by atoms with Gasteiger partial charge in [-0.1, -0.05) is 6.07 Å². The first-order chi connectivity index (χ1) is 9.02. The van der Waals surface area contributed by atoms with Crippen molar-refractivity contribution in [1.82, 2.24) is 5.32 Å². The fourth-order valence-corrected chi connectivity index (χ4v) is 2.22. The Labute approximate surface area is 114 Å². The van der Waals surface area contributed by atoms with E-state index in [1.54, 1.807) is 7.11 Å². The van der Waals surface area contributed by atoms with Gasteiger partial charge in [-0.05, 0) is 43.9 Å². The minimum atomic E-state index is -0.299. The smallest absolute Gasteiger partial charge is 0.227 e. The predicted molar refractivity (Wildman–Crippen MR) is 75.0 cm³/mol. The van der Waals surface area contributed by atoms with Crippen molar-refractivity contribution in [3.8, 4) is 5.75 Å². The number of hydrogen-bond acceptors (Lipinski definition) is 3. The third-order valence-corrected chi connectivity index (χ3v) is 4.06. The normalized spacial score (nSPS) is 16.0. The number of ether oxygens (including phenoxy) is 1. The fourth-order valence-electron chi connectivity index (χ4n) is 2.22. The molecule has 1 aromatic carbocycles. The van der Waals surface area contributed by atoms with Crippen molar-refractivity contribution in [3.05, 3.63) is 28.8 Å². The van der Waals surface area contributed by atoms with Gasteiger partial charge in [-0.25, -0.2) is 0 Å². The molecular weight excluding hydrogens is 240 g/mol. The molecule has 0 unspecified atom stereocenters. The lowest BCUT2D eigenvalue weighted by molar-refractivity contribution is -0.126. The van der Waals surface area contributed by atoms with Crippen LogP contribution in [0.1, 0.15) is 29.5 Å². The Balaban J connectivity index is 2.07. The van der Waals surface area contributed by atoms with Gasteiger partial charge >= 0.3 is 0 Å². The zero-order valence-electron chi connectivity index (χ0n) is 11.9. The maximum absolute atomic E-state index is 12.1. The summed E-state index contributed by atoms with van der Waals surface area (Å²) >= 11 is 0. The average Bonchev–Trinajstić information content (AvgIpc) is 3.20. The van der Waals surface area contributed by atoms with Gasteiger partial charge in [-0.15, -0.1) is 0 Å². The molecule has 4 nitrogen and oxygen atoms in total. The lowest BCUT2D eigenvalue weighted by Crippen LogP contribution is -2.36. The van der Waals surface area contributed by atoms with Crippen LogP contribution in [0.4, 0.5) is 0 Å². The lowest BCUT2D eigenvalue weighted by atomic mass is 10.0. The second kappa shape index (κ2) is 5.21. The molecule has 1 fully saturated rings. The standard InChI is InChI=1S/C15H22N2O2/c1-10-6-12(13(19-3)7-11(10)2)8-17-14(18)15(9-16)4-5-15/h6-7H,4-5,8-9,16H2,1-3H3,(H,17,18). The number of nitrogens with two attached hydrogens (primary N) is 1. The van der Waals surface area contributed by atoms with E-state index in [0.717, 1.165) is 24.2 Å². The molecule has 0 aromatic heterocycles. The lowest BCUT2D eigenvalue weighted by Gasteiger charge is -2.15. The van der Waals surface area contributed by atoms with Gasteiger partial charge in [0.25, 0.3) is 0 Å². The monoisotopic (exact) mass is 262 g/mol. The molecule has 0 heterocycles. The molecule has 1 saturated carbocycles. The first kappa shape index (κ1) is 13.9. The Morgan fingerprint density at radius 2 is 2.00 bits per heavy atom. The van der Waals surface area contributed by atoms with Crippen LogP contribution >= 0.6 is 0 Å². The van der Waals surface area contributed by atoms with E-state index in [2.05, 4.69) is 18.3 Å². The third-order valence-electron chi connectivity index (χ3n) is 4.06. The van der Waals surface area contributed by atoms with Crippen LogP contribution in [0.5, 0.6) is 5.75 Å². The molecule has 1 amide bonds. The number of aryl methyl sites for hydroxylation is 2. The first-order valence-electron chi connectivity index (χ1n) is 6.65. The van der Waals surface area contributed by atoms with E-state index in [1.165, 1.54) is 11.1 Å². The van der Waals surface area contributed by atoms with Crippen LogP contribution in [-0.4, -0.2) is 19.6 Å².